The van der Waals surface area contributed by atoms with Crippen molar-refractivity contribution in [1.82, 2.24) is 10.2 Å². The second kappa shape index (κ2) is 9.21. The van der Waals surface area contributed by atoms with Crippen LogP contribution < -0.4 is 19.5 Å². The molecule has 5 nitrogen and oxygen atoms in total. The zero-order valence-corrected chi connectivity index (χ0v) is 16.4. The lowest BCUT2D eigenvalue weighted by molar-refractivity contribution is 0.229. The molecule has 7 heteroatoms. The van der Waals surface area contributed by atoms with Crippen molar-refractivity contribution < 1.29 is 23.0 Å². The molecule has 1 unspecified atom stereocenters. The molecule has 3 rings (SSSR count). The smallest absolute Gasteiger partial charge is 0.203 e. The molecule has 0 aromatic heterocycles. The second-order valence-electron chi connectivity index (χ2n) is 6.63. The molecule has 0 bridgehead atoms. The monoisotopic (exact) mass is 392 g/mol. The van der Waals surface area contributed by atoms with E-state index in [0.717, 1.165) is 44.2 Å². The quantitative estimate of drug-likeness (QED) is 0.817. The standard InChI is InChI=1S/C21H26F2N2O3/c1-26-18-8-7-16(20(27-2)21(18)28-3)19(25-11-4-9-24-10-12-25)15-6-5-14(22)13-17(15)23/h5-8,13,19,24H,4,9-12H2,1-3H3. The number of ether oxygens (including phenoxy) is 3. The fourth-order valence-corrected chi connectivity index (χ4v) is 3.75. The highest BCUT2D eigenvalue weighted by atomic mass is 19.1. The van der Waals surface area contributed by atoms with Crippen molar-refractivity contribution in [3.63, 3.8) is 0 Å². The summed E-state index contributed by atoms with van der Waals surface area (Å²) >= 11 is 0. The third kappa shape index (κ3) is 4.05. The van der Waals surface area contributed by atoms with Crippen molar-refractivity contribution in [2.45, 2.75) is 12.5 Å². The minimum Gasteiger partial charge on any atom is -0.493 e. The van der Waals surface area contributed by atoms with E-state index in [0.29, 0.717) is 22.8 Å². The summed E-state index contributed by atoms with van der Waals surface area (Å²) in [6.45, 7) is 3.18. The molecule has 0 amide bonds. The number of rotatable bonds is 6. The molecule has 1 fully saturated rings. The zero-order chi connectivity index (χ0) is 20.1. The first-order valence-electron chi connectivity index (χ1n) is 9.29. The van der Waals surface area contributed by atoms with E-state index in [-0.39, 0.29) is 0 Å². The lowest BCUT2D eigenvalue weighted by Gasteiger charge is -2.33. The zero-order valence-electron chi connectivity index (χ0n) is 16.4. The van der Waals surface area contributed by atoms with Crippen LogP contribution in [0.1, 0.15) is 23.6 Å². The summed E-state index contributed by atoms with van der Waals surface area (Å²) in [6.07, 6.45) is 0.926. The van der Waals surface area contributed by atoms with E-state index < -0.39 is 17.7 Å². The van der Waals surface area contributed by atoms with Gasteiger partial charge < -0.3 is 19.5 Å². The summed E-state index contributed by atoms with van der Waals surface area (Å²) in [6, 6.07) is 6.90. The predicted octanol–water partition coefficient (Wildman–Crippen LogP) is 3.38. The van der Waals surface area contributed by atoms with Crippen LogP contribution in [0.4, 0.5) is 8.78 Å². The first-order valence-corrected chi connectivity index (χ1v) is 9.29. The summed E-state index contributed by atoms with van der Waals surface area (Å²) in [5.74, 6) is 0.269. The van der Waals surface area contributed by atoms with Gasteiger partial charge in [0.15, 0.2) is 11.5 Å². The highest BCUT2D eigenvalue weighted by Crippen LogP contribution is 2.45. The molecule has 2 aromatic carbocycles. The Balaban J connectivity index is 2.18. The third-order valence-corrected chi connectivity index (χ3v) is 5.03. The van der Waals surface area contributed by atoms with Crippen LogP contribution in [-0.4, -0.2) is 52.4 Å². The van der Waals surface area contributed by atoms with Crippen LogP contribution in [0.3, 0.4) is 0 Å². The van der Waals surface area contributed by atoms with Gasteiger partial charge >= 0.3 is 0 Å². The summed E-state index contributed by atoms with van der Waals surface area (Å²) < 4.78 is 44.9. The highest BCUT2D eigenvalue weighted by Gasteiger charge is 2.30. The Bertz CT molecular complexity index is 808. The summed E-state index contributed by atoms with van der Waals surface area (Å²) in [7, 11) is 4.63. The Hall–Kier alpha value is -2.38. The highest BCUT2D eigenvalue weighted by molar-refractivity contribution is 5.58. The normalized spacial score (nSPS) is 16.3. The SMILES string of the molecule is COc1ccc(C(c2ccc(F)cc2F)N2CCCNCC2)c(OC)c1OC. The van der Waals surface area contributed by atoms with Gasteiger partial charge in [-0.15, -0.1) is 0 Å². The Kier molecular flexibility index (Phi) is 6.70. The topological polar surface area (TPSA) is 43.0 Å². The van der Waals surface area contributed by atoms with Crippen LogP contribution in [0.15, 0.2) is 30.3 Å². The molecule has 1 aliphatic rings. The number of hydrogen-bond acceptors (Lipinski definition) is 5. The van der Waals surface area contributed by atoms with Gasteiger partial charge in [-0.1, -0.05) is 6.07 Å². The van der Waals surface area contributed by atoms with E-state index in [2.05, 4.69) is 10.2 Å². The van der Waals surface area contributed by atoms with E-state index in [1.165, 1.54) is 19.2 Å². The van der Waals surface area contributed by atoms with Crippen molar-refractivity contribution in [3.8, 4) is 17.2 Å². The van der Waals surface area contributed by atoms with Crippen molar-refractivity contribution in [3.05, 3.63) is 53.1 Å². The fourth-order valence-electron chi connectivity index (χ4n) is 3.75. The molecular formula is C21H26F2N2O3. The Morgan fingerprint density at radius 2 is 1.64 bits per heavy atom. The van der Waals surface area contributed by atoms with E-state index in [1.807, 2.05) is 6.07 Å². The molecule has 0 aliphatic carbocycles. The lowest BCUT2D eigenvalue weighted by atomic mass is 9.94. The van der Waals surface area contributed by atoms with Crippen LogP contribution >= 0.6 is 0 Å². The second-order valence-corrected chi connectivity index (χ2v) is 6.63. The predicted molar refractivity (Wildman–Crippen MR) is 103 cm³/mol. The van der Waals surface area contributed by atoms with Gasteiger partial charge in [0.2, 0.25) is 5.75 Å². The molecule has 0 radical (unpaired) electrons. The van der Waals surface area contributed by atoms with Crippen LogP contribution in [0.5, 0.6) is 17.2 Å². The molecule has 1 N–H and O–H groups in total. The van der Waals surface area contributed by atoms with Crippen LogP contribution in [0.2, 0.25) is 0 Å². The Labute approximate surface area is 164 Å². The molecule has 1 aliphatic heterocycles. The fraction of sp³-hybridized carbons (Fsp3) is 0.429. The number of methoxy groups -OCH3 is 3. The van der Waals surface area contributed by atoms with Gasteiger partial charge in [0.05, 0.1) is 27.4 Å². The van der Waals surface area contributed by atoms with Crippen molar-refractivity contribution >= 4 is 0 Å². The number of hydrogen-bond donors (Lipinski definition) is 1. The van der Waals surface area contributed by atoms with Crippen molar-refractivity contribution in [2.24, 2.45) is 0 Å². The molecule has 152 valence electrons. The third-order valence-electron chi connectivity index (χ3n) is 5.03. The minimum atomic E-state index is -0.600. The molecule has 28 heavy (non-hydrogen) atoms. The molecule has 0 spiro atoms. The van der Waals surface area contributed by atoms with Crippen LogP contribution in [-0.2, 0) is 0 Å². The van der Waals surface area contributed by atoms with Crippen molar-refractivity contribution in [2.75, 3.05) is 47.5 Å². The Morgan fingerprint density at radius 1 is 0.893 bits per heavy atom. The summed E-state index contributed by atoms with van der Waals surface area (Å²) in [5.41, 5.74) is 1.14. The van der Waals surface area contributed by atoms with E-state index in [9.17, 15) is 8.78 Å². The molecular weight excluding hydrogens is 366 g/mol. The number of halogens is 2. The first kappa shape index (κ1) is 20.4. The minimum absolute atomic E-state index is 0.397. The van der Waals surface area contributed by atoms with E-state index in [1.54, 1.807) is 20.3 Å². The van der Waals surface area contributed by atoms with Gasteiger partial charge in [0.1, 0.15) is 11.6 Å². The number of nitrogens with zero attached hydrogens (tertiary/aromatic N) is 1. The average Bonchev–Trinajstić information content (AvgIpc) is 2.98. The largest absolute Gasteiger partial charge is 0.493 e. The Morgan fingerprint density at radius 3 is 2.32 bits per heavy atom. The van der Waals surface area contributed by atoms with Gasteiger partial charge in [0.25, 0.3) is 0 Å². The van der Waals surface area contributed by atoms with Gasteiger partial charge in [-0.2, -0.15) is 0 Å². The van der Waals surface area contributed by atoms with Gasteiger partial charge in [-0.25, -0.2) is 8.78 Å². The maximum atomic E-state index is 14.8. The molecule has 2 aromatic rings. The van der Waals surface area contributed by atoms with Crippen molar-refractivity contribution in [1.29, 1.82) is 0 Å². The average molecular weight is 392 g/mol. The maximum Gasteiger partial charge on any atom is 0.203 e. The molecule has 1 atom stereocenters. The lowest BCUT2D eigenvalue weighted by Crippen LogP contribution is -2.33. The number of nitrogens with one attached hydrogen (secondary N) is 1. The molecule has 1 saturated heterocycles. The van der Waals surface area contributed by atoms with E-state index in [4.69, 9.17) is 14.2 Å². The van der Waals surface area contributed by atoms with Crippen LogP contribution in [0, 0.1) is 11.6 Å². The van der Waals surface area contributed by atoms with Crippen LogP contribution in [0.25, 0.3) is 0 Å². The maximum absolute atomic E-state index is 14.8. The molecule has 0 saturated carbocycles. The summed E-state index contributed by atoms with van der Waals surface area (Å²) in [5, 5.41) is 3.36. The number of benzene rings is 2. The van der Waals surface area contributed by atoms with Gasteiger partial charge in [0, 0.05) is 36.8 Å². The molecule has 1 heterocycles. The summed E-state index contributed by atoms with van der Waals surface area (Å²) in [4.78, 5) is 2.18. The van der Waals surface area contributed by atoms with E-state index >= 15 is 0 Å². The first-order chi connectivity index (χ1) is 13.6. The van der Waals surface area contributed by atoms with Gasteiger partial charge in [-0.05, 0) is 31.2 Å². The van der Waals surface area contributed by atoms with Gasteiger partial charge in [-0.3, -0.25) is 4.90 Å².